The van der Waals surface area contributed by atoms with E-state index in [2.05, 4.69) is 39.3 Å². The minimum Gasteiger partial charge on any atom is -0.491 e. The van der Waals surface area contributed by atoms with Crippen molar-refractivity contribution in [3.05, 3.63) is 46.2 Å². The number of benzene rings is 1. The van der Waals surface area contributed by atoms with Crippen molar-refractivity contribution in [2.24, 2.45) is 4.99 Å². The standard InChI is InChI=1S/C22H32N4O2S.HI/c1-15(2)28-18-9-7-17(8-10-18)25-21(23-13-19-16(3)11-12-29-19)24-14-20(27)26-22(4,5)6;/h7-12,15H,13-14H2,1-6H3,(H,26,27)(H2,23,24,25);1H. The molecule has 0 spiro atoms. The highest BCUT2D eigenvalue weighted by molar-refractivity contribution is 14.0. The monoisotopic (exact) mass is 544 g/mol. The summed E-state index contributed by atoms with van der Waals surface area (Å²) in [5.41, 5.74) is 1.82. The number of carbonyl (C=O) groups is 1. The minimum atomic E-state index is -0.284. The van der Waals surface area contributed by atoms with E-state index in [1.54, 1.807) is 11.3 Å². The van der Waals surface area contributed by atoms with Crippen LogP contribution in [0.1, 0.15) is 45.1 Å². The summed E-state index contributed by atoms with van der Waals surface area (Å²) in [5, 5.41) is 11.6. The third-order valence-corrected chi connectivity index (χ3v) is 4.79. The average molecular weight is 545 g/mol. The molecule has 1 aromatic heterocycles. The second kappa shape index (κ2) is 12.1. The number of thiophene rings is 1. The van der Waals surface area contributed by atoms with E-state index >= 15 is 0 Å². The lowest BCUT2D eigenvalue weighted by Crippen LogP contribution is -2.42. The Kier molecular flexibility index (Phi) is 10.6. The summed E-state index contributed by atoms with van der Waals surface area (Å²) in [6, 6.07) is 9.78. The first-order valence-corrected chi connectivity index (χ1v) is 10.7. The Hall–Kier alpha value is -1.81. The average Bonchev–Trinajstić information content (AvgIpc) is 3.02. The van der Waals surface area contributed by atoms with Gasteiger partial charge in [-0.2, -0.15) is 0 Å². The molecule has 6 nitrogen and oxygen atoms in total. The van der Waals surface area contributed by atoms with Crippen LogP contribution in [0.25, 0.3) is 0 Å². The lowest BCUT2D eigenvalue weighted by Gasteiger charge is -2.20. The molecule has 3 N–H and O–H groups in total. The summed E-state index contributed by atoms with van der Waals surface area (Å²) in [6.07, 6.45) is 0.128. The first-order valence-electron chi connectivity index (χ1n) is 9.78. The molecule has 2 aromatic rings. The van der Waals surface area contributed by atoms with Gasteiger partial charge in [0.05, 0.1) is 12.6 Å². The normalized spacial score (nSPS) is 11.6. The molecule has 1 amide bonds. The van der Waals surface area contributed by atoms with Gasteiger partial charge in [-0.1, -0.05) is 0 Å². The van der Waals surface area contributed by atoms with E-state index in [1.165, 1.54) is 10.4 Å². The molecule has 1 heterocycles. The Bertz CT molecular complexity index is 826. The van der Waals surface area contributed by atoms with Gasteiger partial charge in [-0.3, -0.25) is 4.79 Å². The van der Waals surface area contributed by atoms with E-state index < -0.39 is 0 Å². The number of anilines is 1. The van der Waals surface area contributed by atoms with Crippen molar-refractivity contribution < 1.29 is 9.53 Å². The Labute approximate surface area is 200 Å². The van der Waals surface area contributed by atoms with Crippen molar-refractivity contribution in [1.82, 2.24) is 10.6 Å². The van der Waals surface area contributed by atoms with Gasteiger partial charge in [0.15, 0.2) is 5.96 Å². The number of halogens is 1. The summed E-state index contributed by atoms with van der Waals surface area (Å²) < 4.78 is 5.68. The van der Waals surface area contributed by atoms with Crippen LogP contribution in [0.15, 0.2) is 40.7 Å². The number of nitrogens with zero attached hydrogens (tertiary/aromatic N) is 1. The molecule has 8 heteroatoms. The van der Waals surface area contributed by atoms with Crippen LogP contribution in [-0.2, 0) is 11.3 Å². The SMILES string of the molecule is Cc1ccsc1CNC(=NCC(=O)NC(C)(C)C)Nc1ccc(OC(C)C)cc1.I. The van der Waals surface area contributed by atoms with Gasteiger partial charge in [0.2, 0.25) is 5.91 Å². The van der Waals surface area contributed by atoms with E-state index in [9.17, 15) is 4.79 Å². The molecule has 0 aliphatic carbocycles. The molecule has 0 radical (unpaired) electrons. The van der Waals surface area contributed by atoms with E-state index in [4.69, 9.17) is 4.74 Å². The number of rotatable bonds is 7. The zero-order valence-corrected chi connectivity index (χ0v) is 21.7. The van der Waals surface area contributed by atoms with Gasteiger partial charge in [-0.05, 0) is 82.8 Å². The van der Waals surface area contributed by atoms with Crippen molar-refractivity contribution >= 4 is 52.9 Å². The highest BCUT2D eigenvalue weighted by Crippen LogP contribution is 2.17. The second-order valence-electron chi connectivity index (χ2n) is 8.16. The van der Waals surface area contributed by atoms with Gasteiger partial charge in [0.1, 0.15) is 12.3 Å². The molecule has 1 aromatic carbocycles. The van der Waals surface area contributed by atoms with Crippen LogP contribution >= 0.6 is 35.3 Å². The molecule has 0 saturated carbocycles. The first kappa shape index (κ1) is 26.2. The predicted octanol–water partition coefficient (Wildman–Crippen LogP) is 4.93. The lowest BCUT2D eigenvalue weighted by atomic mass is 10.1. The topological polar surface area (TPSA) is 74.8 Å². The Balaban J connectivity index is 0.00000450. The molecule has 2 rings (SSSR count). The van der Waals surface area contributed by atoms with Gasteiger partial charge in [0.25, 0.3) is 0 Å². The molecule has 166 valence electrons. The second-order valence-corrected chi connectivity index (χ2v) is 9.16. The summed E-state index contributed by atoms with van der Waals surface area (Å²) in [7, 11) is 0. The number of nitrogens with one attached hydrogen (secondary N) is 3. The minimum absolute atomic E-state index is 0. The number of amides is 1. The van der Waals surface area contributed by atoms with Crippen LogP contribution < -0.4 is 20.7 Å². The Morgan fingerprint density at radius 2 is 1.83 bits per heavy atom. The molecule has 0 fully saturated rings. The van der Waals surface area contributed by atoms with Gasteiger partial charge in [-0.25, -0.2) is 4.99 Å². The zero-order valence-electron chi connectivity index (χ0n) is 18.5. The molecular weight excluding hydrogens is 511 g/mol. The molecule has 0 bridgehead atoms. The Morgan fingerprint density at radius 1 is 1.17 bits per heavy atom. The predicted molar refractivity (Wildman–Crippen MR) is 137 cm³/mol. The summed E-state index contributed by atoms with van der Waals surface area (Å²) >= 11 is 1.70. The summed E-state index contributed by atoms with van der Waals surface area (Å²) in [5.74, 6) is 1.25. The van der Waals surface area contributed by atoms with E-state index in [-0.39, 0.29) is 48.1 Å². The molecule has 0 aliphatic rings. The van der Waals surface area contributed by atoms with Crippen molar-refractivity contribution in [2.45, 2.75) is 59.7 Å². The summed E-state index contributed by atoms with van der Waals surface area (Å²) in [4.78, 5) is 17.9. The number of guanidine groups is 1. The third kappa shape index (κ3) is 9.80. The van der Waals surface area contributed by atoms with E-state index in [0.29, 0.717) is 12.5 Å². The third-order valence-electron chi connectivity index (χ3n) is 3.77. The number of ether oxygens (including phenoxy) is 1. The van der Waals surface area contributed by atoms with Crippen molar-refractivity contribution in [2.75, 3.05) is 11.9 Å². The van der Waals surface area contributed by atoms with Gasteiger partial charge in [0, 0.05) is 16.1 Å². The first-order chi connectivity index (χ1) is 13.6. The maximum absolute atomic E-state index is 12.2. The van der Waals surface area contributed by atoms with Crippen molar-refractivity contribution in [3.63, 3.8) is 0 Å². The maximum atomic E-state index is 12.2. The van der Waals surface area contributed by atoms with Crippen molar-refractivity contribution in [3.8, 4) is 5.75 Å². The van der Waals surface area contributed by atoms with Crippen LogP contribution in [0.4, 0.5) is 5.69 Å². The van der Waals surface area contributed by atoms with E-state index in [0.717, 1.165) is 11.4 Å². The van der Waals surface area contributed by atoms with E-state index in [1.807, 2.05) is 58.9 Å². The molecule has 0 atom stereocenters. The molecule has 0 saturated heterocycles. The van der Waals surface area contributed by atoms with Crippen LogP contribution in [0.2, 0.25) is 0 Å². The van der Waals surface area contributed by atoms with Gasteiger partial charge in [-0.15, -0.1) is 35.3 Å². The smallest absolute Gasteiger partial charge is 0.242 e. The number of hydrogen-bond donors (Lipinski definition) is 3. The highest BCUT2D eigenvalue weighted by Gasteiger charge is 2.13. The fourth-order valence-corrected chi connectivity index (χ4v) is 3.37. The van der Waals surface area contributed by atoms with Crippen LogP contribution in [0.5, 0.6) is 5.75 Å². The van der Waals surface area contributed by atoms with Crippen molar-refractivity contribution in [1.29, 1.82) is 0 Å². The number of hydrogen-bond acceptors (Lipinski definition) is 4. The van der Waals surface area contributed by atoms with Crippen LogP contribution in [0.3, 0.4) is 0 Å². The molecular formula is C22H33IN4O2S. The maximum Gasteiger partial charge on any atom is 0.242 e. The quantitative estimate of drug-likeness (QED) is 0.263. The fraction of sp³-hybridized carbons (Fsp3) is 0.455. The van der Waals surface area contributed by atoms with Crippen LogP contribution in [0, 0.1) is 6.92 Å². The van der Waals surface area contributed by atoms with Gasteiger partial charge < -0.3 is 20.7 Å². The van der Waals surface area contributed by atoms with Gasteiger partial charge >= 0.3 is 0 Å². The highest BCUT2D eigenvalue weighted by atomic mass is 127. The number of aryl methyl sites for hydroxylation is 1. The number of aliphatic imine (C=N–C) groups is 1. The zero-order chi connectivity index (χ0) is 21.4. The molecule has 0 unspecified atom stereocenters. The lowest BCUT2D eigenvalue weighted by molar-refractivity contribution is -0.121. The summed E-state index contributed by atoms with van der Waals surface area (Å²) in [6.45, 7) is 12.6. The Morgan fingerprint density at radius 3 is 2.37 bits per heavy atom. The van der Waals surface area contributed by atoms with Crippen LogP contribution in [-0.4, -0.2) is 30.1 Å². The fourth-order valence-electron chi connectivity index (χ4n) is 2.52. The molecule has 30 heavy (non-hydrogen) atoms. The molecule has 0 aliphatic heterocycles. The largest absolute Gasteiger partial charge is 0.491 e. The number of carbonyl (C=O) groups excluding carboxylic acids is 1.